The van der Waals surface area contributed by atoms with E-state index in [9.17, 15) is 4.79 Å². The Morgan fingerprint density at radius 1 is 1.24 bits per heavy atom. The molecule has 0 saturated carbocycles. The number of aromatic nitrogens is 2. The highest BCUT2D eigenvalue weighted by molar-refractivity contribution is 5.76. The smallest absolute Gasteiger partial charge is 0.321 e. The molecule has 3 heterocycles. The first-order chi connectivity index (χ1) is 8.34. The lowest BCUT2D eigenvalue weighted by atomic mass is 10.00. The number of imidazole rings is 1. The summed E-state index contributed by atoms with van der Waals surface area (Å²) in [5.74, 6) is 0. The van der Waals surface area contributed by atoms with Crippen molar-refractivity contribution in [2.75, 3.05) is 26.2 Å². The van der Waals surface area contributed by atoms with Gasteiger partial charge >= 0.3 is 6.03 Å². The van der Waals surface area contributed by atoms with Gasteiger partial charge in [0.25, 0.3) is 0 Å². The van der Waals surface area contributed by atoms with Crippen molar-refractivity contribution in [2.24, 2.45) is 0 Å². The van der Waals surface area contributed by atoms with Crippen LogP contribution in [0, 0.1) is 0 Å². The molecule has 3 rings (SSSR count). The topological polar surface area (TPSA) is 41.4 Å². The highest BCUT2D eigenvalue weighted by Gasteiger charge is 2.31. The second-order valence-electron chi connectivity index (χ2n) is 4.88. The third-order valence-electron chi connectivity index (χ3n) is 3.83. The van der Waals surface area contributed by atoms with Gasteiger partial charge in [-0.05, 0) is 19.4 Å². The molecule has 0 aliphatic carbocycles. The van der Waals surface area contributed by atoms with Crippen LogP contribution in [-0.2, 0) is 0 Å². The van der Waals surface area contributed by atoms with Crippen molar-refractivity contribution in [2.45, 2.75) is 25.3 Å². The zero-order chi connectivity index (χ0) is 11.7. The normalized spacial score (nSPS) is 25.6. The lowest BCUT2D eigenvalue weighted by molar-refractivity contribution is 0.0647. The molecule has 1 unspecified atom stereocenters. The van der Waals surface area contributed by atoms with Crippen molar-refractivity contribution in [3.05, 3.63) is 18.7 Å². The number of piperidine rings is 1. The zero-order valence-corrected chi connectivity index (χ0v) is 9.96. The standard InChI is InChI=1S/C12H18N4O/c17-12(16-6-4-13-10-16)15-8-7-14-5-2-1-3-11(14)9-15/h4,6,10-11H,1-3,5,7-9H2. The molecule has 0 bridgehead atoms. The summed E-state index contributed by atoms with van der Waals surface area (Å²) in [6.45, 7) is 3.94. The molecular weight excluding hydrogens is 216 g/mol. The molecular formula is C12H18N4O. The molecule has 5 nitrogen and oxygen atoms in total. The van der Waals surface area contributed by atoms with E-state index in [0.717, 1.165) is 19.6 Å². The number of carbonyl (C=O) groups excluding carboxylic acids is 1. The van der Waals surface area contributed by atoms with Gasteiger partial charge < -0.3 is 4.90 Å². The van der Waals surface area contributed by atoms with Crippen LogP contribution in [0.3, 0.4) is 0 Å². The van der Waals surface area contributed by atoms with Crippen LogP contribution in [0.1, 0.15) is 19.3 Å². The fraction of sp³-hybridized carbons (Fsp3) is 0.667. The van der Waals surface area contributed by atoms with Gasteiger partial charge in [-0.3, -0.25) is 9.47 Å². The monoisotopic (exact) mass is 234 g/mol. The number of carbonyl (C=O) groups is 1. The summed E-state index contributed by atoms with van der Waals surface area (Å²) in [5.41, 5.74) is 0. The molecule has 1 aromatic heterocycles. The first-order valence-corrected chi connectivity index (χ1v) is 6.36. The van der Waals surface area contributed by atoms with Crippen LogP contribution in [0.2, 0.25) is 0 Å². The van der Waals surface area contributed by atoms with Crippen LogP contribution < -0.4 is 0 Å². The van der Waals surface area contributed by atoms with Crippen molar-refractivity contribution >= 4 is 6.03 Å². The maximum atomic E-state index is 12.2. The van der Waals surface area contributed by atoms with Gasteiger partial charge in [0, 0.05) is 38.1 Å². The number of nitrogens with zero attached hydrogens (tertiary/aromatic N) is 4. The predicted octanol–water partition coefficient (Wildman–Crippen LogP) is 1.02. The summed E-state index contributed by atoms with van der Waals surface area (Å²) in [6, 6.07) is 0.637. The number of rotatable bonds is 0. The van der Waals surface area contributed by atoms with Crippen LogP contribution in [-0.4, -0.2) is 57.6 Å². The summed E-state index contributed by atoms with van der Waals surface area (Å²) in [5, 5.41) is 0. The van der Waals surface area contributed by atoms with E-state index in [0.29, 0.717) is 6.04 Å². The number of fused-ring (bicyclic) bond motifs is 1. The van der Waals surface area contributed by atoms with Crippen LogP contribution in [0.25, 0.3) is 0 Å². The second kappa shape index (κ2) is 4.49. The minimum atomic E-state index is 0.0627. The molecule has 1 atom stereocenters. The van der Waals surface area contributed by atoms with Gasteiger partial charge in [0.1, 0.15) is 6.33 Å². The second-order valence-corrected chi connectivity index (χ2v) is 4.88. The minimum Gasteiger partial charge on any atom is -0.321 e. The largest absolute Gasteiger partial charge is 0.329 e. The van der Waals surface area contributed by atoms with Gasteiger partial charge in [-0.25, -0.2) is 9.78 Å². The first kappa shape index (κ1) is 10.8. The summed E-state index contributed by atoms with van der Waals surface area (Å²) in [7, 11) is 0. The van der Waals surface area contributed by atoms with Crippen molar-refractivity contribution in [3.63, 3.8) is 0 Å². The van der Waals surface area contributed by atoms with Gasteiger partial charge in [-0.2, -0.15) is 0 Å². The van der Waals surface area contributed by atoms with Gasteiger partial charge in [-0.15, -0.1) is 0 Å². The summed E-state index contributed by atoms with van der Waals surface area (Å²) in [6.07, 6.45) is 8.79. The van der Waals surface area contributed by atoms with Crippen LogP contribution >= 0.6 is 0 Å². The van der Waals surface area contributed by atoms with E-state index < -0.39 is 0 Å². The van der Waals surface area contributed by atoms with E-state index in [-0.39, 0.29) is 6.03 Å². The molecule has 1 amide bonds. The number of amides is 1. The molecule has 2 aliphatic rings. The maximum absolute atomic E-state index is 12.2. The molecule has 2 fully saturated rings. The molecule has 1 aromatic rings. The maximum Gasteiger partial charge on any atom is 0.329 e. The average Bonchev–Trinajstić information content (AvgIpc) is 2.91. The van der Waals surface area contributed by atoms with Gasteiger partial charge in [0.15, 0.2) is 0 Å². The summed E-state index contributed by atoms with van der Waals surface area (Å²) in [4.78, 5) is 20.6. The van der Waals surface area contributed by atoms with E-state index >= 15 is 0 Å². The van der Waals surface area contributed by atoms with E-state index in [1.54, 1.807) is 23.3 Å². The van der Waals surface area contributed by atoms with Crippen molar-refractivity contribution in [1.82, 2.24) is 19.4 Å². The van der Waals surface area contributed by atoms with Gasteiger partial charge in [0.05, 0.1) is 0 Å². The fourth-order valence-corrected chi connectivity index (χ4v) is 2.87. The first-order valence-electron chi connectivity index (χ1n) is 6.36. The Morgan fingerprint density at radius 2 is 2.18 bits per heavy atom. The molecule has 2 saturated heterocycles. The Kier molecular flexibility index (Phi) is 2.84. The van der Waals surface area contributed by atoms with E-state index in [2.05, 4.69) is 9.88 Å². The Labute approximate surface area is 101 Å². The zero-order valence-electron chi connectivity index (χ0n) is 9.96. The number of hydrogen-bond donors (Lipinski definition) is 0. The Bertz CT molecular complexity index is 389. The van der Waals surface area contributed by atoms with Crippen molar-refractivity contribution < 1.29 is 4.79 Å². The third-order valence-corrected chi connectivity index (χ3v) is 3.83. The SMILES string of the molecule is O=C(N1CCN2CCCCC2C1)n1ccnc1. The molecule has 0 radical (unpaired) electrons. The Morgan fingerprint density at radius 3 is 3.00 bits per heavy atom. The lowest BCUT2D eigenvalue weighted by Gasteiger charge is -2.43. The molecule has 0 N–H and O–H groups in total. The molecule has 17 heavy (non-hydrogen) atoms. The fourth-order valence-electron chi connectivity index (χ4n) is 2.87. The third kappa shape index (κ3) is 2.07. The molecule has 5 heteroatoms. The Balaban J connectivity index is 1.67. The minimum absolute atomic E-state index is 0.0627. The summed E-state index contributed by atoms with van der Waals surface area (Å²) < 4.78 is 1.57. The van der Waals surface area contributed by atoms with Crippen LogP contribution in [0.4, 0.5) is 4.79 Å². The van der Waals surface area contributed by atoms with Gasteiger partial charge in [0.2, 0.25) is 0 Å². The quantitative estimate of drug-likeness (QED) is 0.673. The van der Waals surface area contributed by atoms with Crippen LogP contribution in [0.15, 0.2) is 18.7 Å². The highest BCUT2D eigenvalue weighted by atomic mass is 16.2. The number of piperazine rings is 1. The van der Waals surface area contributed by atoms with E-state index in [4.69, 9.17) is 0 Å². The highest BCUT2D eigenvalue weighted by Crippen LogP contribution is 2.21. The van der Waals surface area contributed by atoms with E-state index in [1.807, 2.05) is 4.90 Å². The molecule has 2 aliphatic heterocycles. The van der Waals surface area contributed by atoms with Crippen molar-refractivity contribution in [3.8, 4) is 0 Å². The van der Waals surface area contributed by atoms with E-state index in [1.165, 1.54) is 25.8 Å². The lowest BCUT2D eigenvalue weighted by Crippen LogP contribution is -2.56. The molecule has 0 aromatic carbocycles. The van der Waals surface area contributed by atoms with Crippen LogP contribution in [0.5, 0.6) is 0 Å². The number of hydrogen-bond acceptors (Lipinski definition) is 3. The molecule has 92 valence electrons. The van der Waals surface area contributed by atoms with Gasteiger partial charge in [-0.1, -0.05) is 6.42 Å². The molecule has 0 spiro atoms. The predicted molar refractivity (Wildman–Crippen MR) is 63.8 cm³/mol. The van der Waals surface area contributed by atoms with Crippen molar-refractivity contribution in [1.29, 1.82) is 0 Å². The average molecular weight is 234 g/mol. The summed E-state index contributed by atoms with van der Waals surface area (Å²) >= 11 is 0. The Hall–Kier alpha value is -1.36.